The number of piperidine rings is 1. The van der Waals surface area contributed by atoms with Crippen molar-refractivity contribution in [3.05, 3.63) is 0 Å². The average molecular weight is 268 g/mol. The fourth-order valence-corrected chi connectivity index (χ4v) is 3.10. The van der Waals surface area contributed by atoms with Crippen LogP contribution in [-0.2, 0) is 0 Å². The highest BCUT2D eigenvalue weighted by atomic mass is 14.9. The predicted molar refractivity (Wildman–Crippen MR) is 85.6 cm³/mol. The summed E-state index contributed by atoms with van der Waals surface area (Å²) in [5, 5.41) is 7.23. The van der Waals surface area contributed by atoms with Crippen molar-refractivity contribution in [3.63, 3.8) is 0 Å². The summed E-state index contributed by atoms with van der Waals surface area (Å²) >= 11 is 0. The van der Waals surface area contributed by atoms with Gasteiger partial charge in [-0.15, -0.1) is 0 Å². The number of rotatable bonds is 10. The van der Waals surface area contributed by atoms with E-state index in [4.69, 9.17) is 0 Å². The number of unbranched alkanes of at least 4 members (excludes halogenated alkanes) is 5. The van der Waals surface area contributed by atoms with Gasteiger partial charge in [-0.2, -0.15) is 0 Å². The van der Waals surface area contributed by atoms with E-state index in [1.54, 1.807) is 0 Å². The lowest BCUT2D eigenvalue weighted by Crippen LogP contribution is -2.43. The first-order chi connectivity index (χ1) is 9.17. The van der Waals surface area contributed by atoms with Gasteiger partial charge in [-0.25, -0.2) is 0 Å². The van der Waals surface area contributed by atoms with Crippen LogP contribution in [-0.4, -0.2) is 26.2 Å². The van der Waals surface area contributed by atoms with Crippen molar-refractivity contribution in [2.45, 2.75) is 72.1 Å². The zero-order valence-corrected chi connectivity index (χ0v) is 13.6. The van der Waals surface area contributed by atoms with Crippen LogP contribution in [0.4, 0.5) is 0 Å². The molecule has 0 aromatic carbocycles. The van der Waals surface area contributed by atoms with E-state index in [0.717, 1.165) is 5.92 Å². The van der Waals surface area contributed by atoms with E-state index in [9.17, 15) is 0 Å². The van der Waals surface area contributed by atoms with Crippen molar-refractivity contribution in [1.82, 2.24) is 10.6 Å². The maximum absolute atomic E-state index is 3.69. The molecule has 0 amide bonds. The Morgan fingerprint density at radius 3 is 2.53 bits per heavy atom. The summed E-state index contributed by atoms with van der Waals surface area (Å²) in [6.07, 6.45) is 11.1. The SMILES string of the molecule is CCCCCCCCNCC(C)(C)C1CCCNC1. The summed E-state index contributed by atoms with van der Waals surface area (Å²) in [7, 11) is 0. The Morgan fingerprint density at radius 2 is 1.84 bits per heavy atom. The van der Waals surface area contributed by atoms with E-state index >= 15 is 0 Å². The van der Waals surface area contributed by atoms with Crippen LogP contribution in [0.3, 0.4) is 0 Å². The van der Waals surface area contributed by atoms with Gasteiger partial charge in [-0.3, -0.25) is 0 Å². The lowest BCUT2D eigenvalue weighted by atomic mass is 9.75. The van der Waals surface area contributed by atoms with E-state index in [1.807, 2.05) is 0 Å². The van der Waals surface area contributed by atoms with E-state index < -0.39 is 0 Å². The first-order valence-corrected chi connectivity index (χ1v) is 8.58. The predicted octanol–water partition coefficient (Wildman–Crippen LogP) is 3.96. The smallest absolute Gasteiger partial charge is 0.000565 e. The zero-order chi connectivity index (χ0) is 14.0. The molecule has 1 aliphatic rings. The largest absolute Gasteiger partial charge is 0.316 e. The molecule has 1 heterocycles. The Morgan fingerprint density at radius 1 is 1.11 bits per heavy atom. The molecule has 2 N–H and O–H groups in total. The molecular weight excluding hydrogens is 232 g/mol. The van der Waals surface area contributed by atoms with Crippen LogP contribution < -0.4 is 10.6 Å². The van der Waals surface area contributed by atoms with Crippen LogP contribution in [0.25, 0.3) is 0 Å². The minimum atomic E-state index is 0.440. The highest BCUT2D eigenvalue weighted by Crippen LogP contribution is 2.30. The van der Waals surface area contributed by atoms with Gasteiger partial charge < -0.3 is 10.6 Å². The Hall–Kier alpha value is -0.0800. The van der Waals surface area contributed by atoms with Crippen LogP contribution >= 0.6 is 0 Å². The van der Waals surface area contributed by atoms with E-state index in [2.05, 4.69) is 31.4 Å². The third-order valence-electron chi connectivity index (χ3n) is 4.69. The van der Waals surface area contributed by atoms with E-state index in [-0.39, 0.29) is 0 Å². The van der Waals surface area contributed by atoms with Crippen molar-refractivity contribution >= 4 is 0 Å². The summed E-state index contributed by atoms with van der Waals surface area (Å²) in [5.41, 5.74) is 0.440. The monoisotopic (exact) mass is 268 g/mol. The topological polar surface area (TPSA) is 24.1 Å². The minimum absolute atomic E-state index is 0.440. The summed E-state index contributed by atoms with van der Waals surface area (Å²) in [6.45, 7) is 12.0. The molecule has 1 atom stereocenters. The first kappa shape index (κ1) is 17.0. The molecule has 19 heavy (non-hydrogen) atoms. The maximum atomic E-state index is 3.69. The number of hydrogen-bond donors (Lipinski definition) is 2. The standard InChI is InChI=1S/C17H36N2/c1-4-5-6-7-8-9-12-19-15-17(2,3)16-11-10-13-18-14-16/h16,18-19H,4-15H2,1-3H3. The van der Waals surface area contributed by atoms with Gasteiger partial charge in [0.1, 0.15) is 0 Å². The molecule has 0 saturated carbocycles. The average Bonchev–Trinajstić information content (AvgIpc) is 2.43. The molecule has 1 saturated heterocycles. The summed E-state index contributed by atoms with van der Waals surface area (Å²) in [6, 6.07) is 0. The molecule has 2 heteroatoms. The molecule has 0 spiro atoms. The normalized spacial score (nSPS) is 20.7. The Bertz CT molecular complexity index is 207. The molecule has 1 aliphatic heterocycles. The van der Waals surface area contributed by atoms with Crippen LogP contribution in [0.1, 0.15) is 72.1 Å². The van der Waals surface area contributed by atoms with Crippen molar-refractivity contribution in [2.24, 2.45) is 11.3 Å². The molecule has 2 nitrogen and oxygen atoms in total. The molecular formula is C17H36N2. The highest BCUT2D eigenvalue weighted by molar-refractivity contribution is 4.84. The van der Waals surface area contributed by atoms with Crippen molar-refractivity contribution in [1.29, 1.82) is 0 Å². The Kier molecular flexibility index (Phi) is 8.72. The number of hydrogen-bond acceptors (Lipinski definition) is 2. The minimum Gasteiger partial charge on any atom is -0.316 e. The molecule has 0 bridgehead atoms. The maximum Gasteiger partial charge on any atom is 0.000565 e. The van der Waals surface area contributed by atoms with Gasteiger partial charge in [-0.1, -0.05) is 52.9 Å². The van der Waals surface area contributed by atoms with Crippen molar-refractivity contribution < 1.29 is 0 Å². The molecule has 114 valence electrons. The lowest BCUT2D eigenvalue weighted by Gasteiger charge is -2.37. The van der Waals surface area contributed by atoms with Gasteiger partial charge in [0, 0.05) is 6.54 Å². The van der Waals surface area contributed by atoms with Gasteiger partial charge in [-0.05, 0) is 50.2 Å². The van der Waals surface area contributed by atoms with Crippen LogP contribution in [0.2, 0.25) is 0 Å². The van der Waals surface area contributed by atoms with Gasteiger partial charge in [0.05, 0.1) is 0 Å². The highest BCUT2D eigenvalue weighted by Gasteiger charge is 2.29. The Labute approximate surface area is 121 Å². The molecule has 1 unspecified atom stereocenters. The quantitative estimate of drug-likeness (QED) is 0.586. The van der Waals surface area contributed by atoms with Crippen LogP contribution in [0.15, 0.2) is 0 Å². The van der Waals surface area contributed by atoms with Crippen molar-refractivity contribution in [2.75, 3.05) is 26.2 Å². The summed E-state index contributed by atoms with van der Waals surface area (Å²) < 4.78 is 0. The van der Waals surface area contributed by atoms with E-state index in [1.165, 1.54) is 77.5 Å². The third kappa shape index (κ3) is 7.31. The fraction of sp³-hybridized carbons (Fsp3) is 1.00. The molecule has 0 radical (unpaired) electrons. The first-order valence-electron chi connectivity index (χ1n) is 8.58. The second-order valence-corrected chi connectivity index (χ2v) is 6.98. The fourth-order valence-electron chi connectivity index (χ4n) is 3.10. The summed E-state index contributed by atoms with van der Waals surface area (Å²) in [4.78, 5) is 0. The number of nitrogens with one attached hydrogen (secondary N) is 2. The van der Waals surface area contributed by atoms with Gasteiger partial charge in [0.15, 0.2) is 0 Å². The lowest BCUT2D eigenvalue weighted by molar-refractivity contribution is 0.166. The second kappa shape index (κ2) is 9.77. The Balaban J connectivity index is 2.00. The van der Waals surface area contributed by atoms with Gasteiger partial charge >= 0.3 is 0 Å². The zero-order valence-electron chi connectivity index (χ0n) is 13.6. The molecule has 0 aromatic heterocycles. The van der Waals surface area contributed by atoms with Crippen molar-refractivity contribution in [3.8, 4) is 0 Å². The van der Waals surface area contributed by atoms with Crippen LogP contribution in [0.5, 0.6) is 0 Å². The molecule has 0 aliphatic carbocycles. The second-order valence-electron chi connectivity index (χ2n) is 6.98. The third-order valence-corrected chi connectivity index (χ3v) is 4.69. The molecule has 0 aromatic rings. The summed E-state index contributed by atoms with van der Waals surface area (Å²) in [5.74, 6) is 0.846. The van der Waals surface area contributed by atoms with Crippen LogP contribution in [0, 0.1) is 11.3 Å². The molecule has 1 fully saturated rings. The van der Waals surface area contributed by atoms with E-state index in [0.29, 0.717) is 5.41 Å². The van der Waals surface area contributed by atoms with Gasteiger partial charge in [0.25, 0.3) is 0 Å². The molecule has 1 rings (SSSR count). The van der Waals surface area contributed by atoms with Gasteiger partial charge in [0.2, 0.25) is 0 Å².